The molecule has 0 radical (unpaired) electrons. The molecule has 1 heterocycles. The van der Waals surface area contributed by atoms with Gasteiger partial charge in [-0.05, 0) is 50.9 Å². The van der Waals surface area contributed by atoms with E-state index in [-0.39, 0.29) is 0 Å². The van der Waals surface area contributed by atoms with Gasteiger partial charge in [-0.1, -0.05) is 26.3 Å². The van der Waals surface area contributed by atoms with Crippen LogP contribution in [0.5, 0.6) is 0 Å². The van der Waals surface area contributed by atoms with Crippen LogP contribution < -0.4 is 5.32 Å². The third-order valence-electron chi connectivity index (χ3n) is 3.51. The molecular formula is C14H28N2. The Morgan fingerprint density at radius 2 is 2.19 bits per heavy atom. The highest BCUT2D eigenvalue weighted by molar-refractivity contribution is 4.99. The van der Waals surface area contributed by atoms with Crippen LogP contribution in [0.4, 0.5) is 0 Å². The summed E-state index contributed by atoms with van der Waals surface area (Å²) >= 11 is 0. The normalized spacial score (nSPS) is 23.0. The molecule has 1 N–H and O–H groups in total. The topological polar surface area (TPSA) is 15.3 Å². The zero-order valence-electron chi connectivity index (χ0n) is 11.1. The third kappa shape index (κ3) is 5.13. The van der Waals surface area contributed by atoms with E-state index in [0.29, 0.717) is 0 Å². The van der Waals surface area contributed by atoms with Crippen LogP contribution in [-0.2, 0) is 0 Å². The van der Waals surface area contributed by atoms with E-state index in [1.165, 1.54) is 50.8 Å². The molecule has 1 aliphatic rings. The van der Waals surface area contributed by atoms with Gasteiger partial charge in [0.15, 0.2) is 0 Å². The number of likely N-dealkylation sites (N-methyl/N-ethyl adjacent to an activating group) is 1. The zero-order chi connectivity index (χ0) is 11.8. The van der Waals surface area contributed by atoms with E-state index in [4.69, 9.17) is 0 Å². The minimum Gasteiger partial charge on any atom is -0.316 e. The molecule has 1 atom stereocenters. The van der Waals surface area contributed by atoms with Crippen molar-refractivity contribution in [1.29, 1.82) is 0 Å². The van der Waals surface area contributed by atoms with Gasteiger partial charge in [0, 0.05) is 13.1 Å². The molecule has 0 aromatic heterocycles. The second-order valence-electron chi connectivity index (χ2n) is 5.14. The van der Waals surface area contributed by atoms with Crippen molar-refractivity contribution < 1.29 is 0 Å². The van der Waals surface area contributed by atoms with Gasteiger partial charge < -0.3 is 5.32 Å². The molecule has 1 saturated heterocycles. The first-order chi connectivity index (χ1) is 7.76. The summed E-state index contributed by atoms with van der Waals surface area (Å²) in [5.74, 6) is 0.979. The molecule has 0 saturated carbocycles. The lowest BCUT2D eigenvalue weighted by atomic mass is 9.96. The number of nitrogens with one attached hydrogen (secondary N) is 1. The summed E-state index contributed by atoms with van der Waals surface area (Å²) in [6.07, 6.45) is 6.96. The maximum absolute atomic E-state index is 4.12. The van der Waals surface area contributed by atoms with Crippen LogP contribution in [0.1, 0.15) is 39.0 Å². The van der Waals surface area contributed by atoms with Gasteiger partial charge in [-0.15, -0.1) is 0 Å². The lowest BCUT2D eigenvalue weighted by Gasteiger charge is -2.21. The lowest BCUT2D eigenvalue weighted by molar-refractivity contribution is 0.300. The smallest absolute Gasteiger partial charge is 0.0202 e. The fourth-order valence-electron chi connectivity index (χ4n) is 2.70. The van der Waals surface area contributed by atoms with Crippen LogP contribution in [0.3, 0.4) is 0 Å². The summed E-state index contributed by atoms with van der Waals surface area (Å²) in [5.41, 5.74) is 1.32. The Balaban J connectivity index is 2.27. The van der Waals surface area contributed by atoms with E-state index in [9.17, 15) is 0 Å². The summed E-state index contributed by atoms with van der Waals surface area (Å²) in [6.45, 7) is 11.0. The first kappa shape index (κ1) is 13.7. The molecule has 1 aliphatic heterocycles. The number of nitrogens with zero attached hydrogens (tertiary/aromatic N) is 1. The van der Waals surface area contributed by atoms with E-state index >= 15 is 0 Å². The van der Waals surface area contributed by atoms with Gasteiger partial charge in [0.05, 0.1) is 0 Å². The maximum atomic E-state index is 4.12. The highest BCUT2D eigenvalue weighted by Crippen LogP contribution is 2.22. The predicted octanol–water partition coefficient (Wildman–Crippen LogP) is 2.66. The van der Waals surface area contributed by atoms with Gasteiger partial charge in [-0.2, -0.15) is 0 Å². The molecule has 2 nitrogen and oxygen atoms in total. The standard InChI is InChI=1S/C14H28N2/c1-4-6-14-7-5-9-16(10-8-14)12-13(2)11-15-3/h14-15H,2,4-12H2,1,3H3. The van der Waals surface area contributed by atoms with E-state index in [0.717, 1.165) is 19.0 Å². The maximum Gasteiger partial charge on any atom is 0.0202 e. The molecule has 1 unspecified atom stereocenters. The van der Waals surface area contributed by atoms with Crippen molar-refractivity contribution in [2.24, 2.45) is 5.92 Å². The summed E-state index contributed by atoms with van der Waals surface area (Å²) < 4.78 is 0. The fraction of sp³-hybridized carbons (Fsp3) is 0.857. The quantitative estimate of drug-likeness (QED) is 0.698. The molecule has 0 aromatic rings. The SMILES string of the molecule is C=C(CNC)CN1CCCC(CCC)CC1. The highest BCUT2D eigenvalue weighted by atomic mass is 15.1. The van der Waals surface area contributed by atoms with Gasteiger partial charge in [0.2, 0.25) is 0 Å². The molecule has 2 heteroatoms. The summed E-state index contributed by atoms with van der Waals surface area (Å²) in [5, 5.41) is 3.18. The first-order valence-corrected chi connectivity index (χ1v) is 6.79. The van der Waals surface area contributed by atoms with Crippen LogP contribution >= 0.6 is 0 Å². The first-order valence-electron chi connectivity index (χ1n) is 6.79. The molecule has 1 rings (SSSR count). The largest absolute Gasteiger partial charge is 0.316 e. The van der Waals surface area contributed by atoms with Crippen LogP contribution in [0.25, 0.3) is 0 Å². The number of hydrogen-bond donors (Lipinski definition) is 1. The van der Waals surface area contributed by atoms with Gasteiger partial charge in [0.1, 0.15) is 0 Å². The molecule has 0 bridgehead atoms. The molecule has 1 fully saturated rings. The zero-order valence-corrected chi connectivity index (χ0v) is 11.1. The second kappa shape index (κ2) is 7.86. The summed E-state index contributed by atoms with van der Waals surface area (Å²) in [4.78, 5) is 2.58. The van der Waals surface area contributed by atoms with E-state index in [2.05, 4.69) is 23.7 Å². The third-order valence-corrected chi connectivity index (χ3v) is 3.51. The Kier molecular flexibility index (Phi) is 6.74. The molecule has 0 amide bonds. The van der Waals surface area contributed by atoms with Gasteiger partial charge >= 0.3 is 0 Å². The number of hydrogen-bond acceptors (Lipinski definition) is 2. The van der Waals surface area contributed by atoms with Crippen LogP contribution in [0.15, 0.2) is 12.2 Å². The van der Waals surface area contributed by atoms with E-state index in [1.54, 1.807) is 0 Å². The summed E-state index contributed by atoms with van der Waals surface area (Å²) in [6, 6.07) is 0. The Morgan fingerprint density at radius 3 is 2.88 bits per heavy atom. The molecule has 16 heavy (non-hydrogen) atoms. The Bertz CT molecular complexity index is 201. The minimum absolute atomic E-state index is 0.953. The van der Waals surface area contributed by atoms with Gasteiger partial charge in [-0.3, -0.25) is 4.90 Å². The Hall–Kier alpha value is -0.340. The predicted molar refractivity (Wildman–Crippen MR) is 71.8 cm³/mol. The Morgan fingerprint density at radius 1 is 1.38 bits per heavy atom. The molecule has 94 valence electrons. The average molecular weight is 224 g/mol. The van der Waals surface area contributed by atoms with Gasteiger partial charge in [-0.25, -0.2) is 0 Å². The van der Waals surface area contributed by atoms with Crippen molar-refractivity contribution >= 4 is 0 Å². The van der Waals surface area contributed by atoms with Crippen LogP contribution in [0, 0.1) is 5.92 Å². The lowest BCUT2D eigenvalue weighted by Crippen LogP contribution is -2.29. The monoisotopic (exact) mass is 224 g/mol. The number of rotatable bonds is 6. The van der Waals surface area contributed by atoms with E-state index in [1.807, 2.05) is 7.05 Å². The van der Waals surface area contributed by atoms with Crippen molar-refractivity contribution in [3.8, 4) is 0 Å². The van der Waals surface area contributed by atoms with Crippen molar-refractivity contribution in [3.63, 3.8) is 0 Å². The minimum atomic E-state index is 0.953. The second-order valence-corrected chi connectivity index (χ2v) is 5.14. The van der Waals surface area contributed by atoms with Gasteiger partial charge in [0.25, 0.3) is 0 Å². The van der Waals surface area contributed by atoms with Crippen LogP contribution in [-0.4, -0.2) is 38.1 Å². The van der Waals surface area contributed by atoms with Crippen molar-refractivity contribution in [2.75, 3.05) is 33.2 Å². The average Bonchev–Trinajstić information content (AvgIpc) is 2.45. The van der Waals surface area contributed by atoms with E-state index < -0.39 is 0 Å². The number of likely N-dealkylation sites (tertiary alicyclic amines) is 1. The molecular weight excluding hydrogens is 196 g/mol. The summed E-state index contributed by atoms with van der Waals surface area (Å²) in [7, 11) is 1.99. The van der Waals surface area contributed by atoms with Crippen LogP contribution in [0.2, 0.25) is 0 Å². The van der Waals surface area contributed by atoms with Crippen molar-refractivity contribution in [3.05, 3.63) is 12.2 Å². The molecule has 0 aliphatic carbocycles. The highest BCUT2D eigenvalue weighted by Gasteiger charge is 2.16. The molecule has 0 aromatic carbocycles. The van der Waals surface area contributed by atoms with Crippen molar-refractivity contribution in [2.45, 2.75) is 39.0 Å². The van der Waals surface area contributed by atoms with Crippen molar-refractivity contribution in [1.82, 2.24) is 10.2 Å². The molecule has 0 spiro atoms. The fourth-order valence-corrected chi connectivity index (χ4v) is 2.70. The Labute approximate surface area is 101 Å².